The second kappa shape index (κ2) is 9.64. The minimum absolute atomic E-state index is 0.352. The SMILES string of the molecule is C[C@H](NC(=O)NCc1ccc(CN2CCCCC2)cc1)c1ccc(F)c(F)c1. The van der Waals surface area contributed by atoms with Gasteiger partial charge in [-0.15, -0.1) is 0 Å². The molecule has 2 aromatic carbocycles. The van der Waals surface area contributed by atoms with Gasteiger partial charge < -0.3 is 10.6 Å². The minimum atomic E-state index is -0.920. The number of likely N-dealkylation sites (tertiary alicyclic amines) is 1. The van der Waals surface area contributed by atoms with Gasteiger partial charge in [0, 0.05) is 13.1 Å². The van der Waals surface area contributed by atoms with E-state index in [1.807, 2.05) is 12.1 Å². The highest BCUT2D eigenvalue weighted by atomic mass is 19.2. The molecular weight excluding hydrogens is 360 g/mol. The van der Waals surface area contributed by atoms with Crippen LogP contribution in [0.2, 0.25) is 0 Å². The van der Waals surface area contributed by atoms with Gasteiger partial charge in [0.25, 0.3) is 0 Å². The Kier molecular flexibility index (Phi) is 6.98. The number of urea groups is 1. The molecule has 2 aromatic rings. The van der Waals surface area contributed by atoms with Crippen LogP contribution in [0.15, 0.2) is 42.5 Å². The molecule has 1 aliphatic rings. The molecule has 0 spiro atoms. The lowest BCUT2D eigenvalue weighted by Gasteiger charge is -2.26. The molecule has 4 nitrogen and oxygen atoms in total. The number of halogens is 2. The van der Waals surface area contributed by atoms with Crippen LogP contribution < -0.4 is 10.6 Å². The second-order valence-corrected chi connectivity index (χ2v) is 7.38. The van der Waals surface area contributed by atoms with Crippen molar-refractivity contribution >= 4 is 6.03 Å². The smallest absolute Gasteiger partial charge is 0.315 e. The molecule has 1 saturated heterocycles. The normalized spacial score (nSPS) is 15.8. The molecular formula is C22H27F2N3O. The van der Waals surface area contributed by atoms with Crippen LogP contribution in [0.5, 0.6) is 0 Å². The van der Waals surface area contributed by atoms with Gasteiger partial charge in [-0.25, -0.2) is 13.6 Å². The van der Waals surface area contributed by atoms with Crippen molar-refractivity contribution in [3.8, 4) is 0 Å². The van der Waals surface area contributed by atoms with Crippen molar-refractivity contribution in [2.45, 2.75) is 45.3 Å². The van der Waals surface area contributed by atoms with E-state index in [0.717, 1.165) is 24.2 Å². The lowest BCUT2D eigenvalue weighted by atomic mass is 10.1. The largest absolute Gasteiger partial charge is 0.334 e. The maximum Gasteiger partial charge on any atom is 0.315 e. The minimum Gasteiger partial charge on any atom is -0.334 e. The third-order valence-electron chi connectivity index (χ3n) is 5.12. The molecule has 2 amide bonds. The molecule has 2 N–H and O–H groups in total. The van der Waals surface area contributed by atoms with Gasteiger partial charge in [-0.05, 0) is 61.7 Å². The van der Waals surface area contributed by atoms with Gasteiger partial charge in [-0.2, -0.15) is 0 Å². The van der Waals surface area contributed by atoms with Gasteiger partial charge >= 0.3 is 6.03 Å². The third kappa shape index (κ3) is 5.76. The fourth-order valence-corrected chi connectivity index (χ4v) is 3.43. The zero-order valence-electron chi connectivity index (χ0n) is 16.2. The van der Waals surface area contributed by atoms with Crippen molar-refractivity contribution in [2.24, 2.45) is 0 Å². The van der Waals surface area contributed by atoms with E-state index < -0.39 is 17.7 Å². The van der Waals surface area contributed by atoms with E-state index in [4.69, 9.17) is 0 Å². The second-order valence-electron chi connectivity index (χ2n) is 7.38. The van der Waals surface area contributed by atoms with Gasteiger partial charge in [0.15, 0.2) is 11.6 Å². The van der Waals surface area contributed by atoms with Crippen LogP contribution in [0.4, 0.5) is 13.6 Å². The Morgan fingerprint density at radius 1 is 1.00 bits per heavy atom. The first-order valence-electron chi connectivity index (χ1n) is 9.81. The molecule has 1 atom stereocenters. The van der Waals surface area contributed by atoms with Crippen molar-refractivity contribution in [2.75, 3.05) is 13.1 Å². The molecule has 1 fully saturated rings. The Labute approximate surface area is 164 Å². The maximum atomic E-state index is 13.3. The van der Waals surface area contributed by atoms with Gasteiger partial charge in [-0.3, -0.25) is 4.90 Å². The van der Waals surface area contributed by atoms with E-state index in [1.165, 1.54) is 44.0 Å². The zero-order chi connectivity index (χ0) is 19.9. The Hall–Kier alpha value is -2.47. The average molecular weight is 387 g/mol. The fraction of sp³-hybridized carbons (Fsp3) is 0.409. The summed E-state index contributed by atoms with van der Waals surface area (Å²) in [4.78, 5) is 14.6. The number of carbonyl (C=O) groups is 1. The van der Waals surface area contributed by atoms with Crippen LogP contribution in [-0.2, 0) is 13.1 Å². The Morgan fingerprint density at radius 3 is 2.36 bits per heavy atom. The number of amides is 2. The Morgan fingerprint density at radius 2 is 1.68 bits per heavy atom. The summed E-state index contributed by atoms with van der Waals surface area (Å²) in [6, 6.07) is 11.1. The summed E-state index contributed by atoms with van der Waals surface area (Å²) in [7, 11) is 0. The van der Waals surface area contributed by atoms with E-state index in [-0.39, 0.29) is 6.03 Å². The van der Waals surface area contributed by atoms with Crippen molar-refractivity contribution in [3.63, 3.8) is 0 Å². The first-order valence-corrected chi connectivity index (χ1v) is 9.81. The van der Waals surface area contributed by atoms with E-state index in [9.17, 15) is 13.6 Å². The van der Waals surface area contributed by atoms with Gasteiger partial charge in [0.1, 0.15) is 0 Å². The summed E-state index contributed by atoms with van der Waals surface area (Å²) in [5, 5.41) is 5.53. The third-order valence-corrected chi connectivity index (χ3v) is 5.12. The summed E-state index contributed by atoms with van der Waals surface area (Å²) in [6.07, 6.45) is 3.89. The summed E-state index contributed by atoms with van der Waals surface area (Å²) >= 11 is 0. The highest BCUT2D eigenvalue weighted by Gasteiger charge is 2.12. The first-order chi connectivity index (χ1) is 13.5. The number of piperidine rings is 1. The first kappa shape index (κ1) is 20.3. The molecule has 0 aromatic heterocycles. The molecule has 0 bridgehead atoms. The zero-order valence-corrected chi connectivity index (χ0v) is 16.2. The maximum absolute atomic E-state index is 13.3. The van der Waals surface area contributed by atoms with Gasteiger partial charge in [0.2, 0.25) is 0 Å². The highest BCUT2D eigenvalue weighted by Crippen LogP contribution is 2.16. The van der Waals surface area contributed by atoms with Crippen LogP contribution in [0.3, 0.4) is 0 Å². The van der Waals surface area contributed by atoms with Crippen LogP contribution in [0.25, 0.3) is 0 Å². The van der Waals surface area contributed by atoms with Crippen molar-refractivity contribution in [1.29, 1.82) is 0 Å². The van der Waals surface area contributed by atoms with Crippen LogP contribution in [-0.4, -0.2) is 24.0 Å². The number of hydrogen-bond acceptors (Lipinski definition) is 2. The fourth-order valence-electron chi connectivity index (χ4n) is 3.43. The monoisotopic (exact) mass is 387 g/mol. The molecule has 0 saturated carbocycles. The summed E-state index contributed by atoms with van der Waals surface area (Å²) < 4.78 is 26.3. The average Bonchev–Trinajstić information content (AvgIpc) is 2.70. The Bertz CT molecular complexity index is 789. The van der Waals surface area contributed by atoms with Gasteiger partial charge in [-0.1, -0.05) is 36.8 Å². The van der Waals surface area contributed by atoms with Crippen LogP contribution >= 0.6 is 0 Å². The number of nitrogens with one attached hydrogen (secondary N) is 2. The standard InChI is InChI=1S/C22H27F2N3O/c1-16(19-9-10-20(23)21(24)13-19)26-22(28)25-14-17-5-7-18(8-6-17)15-27-11-3-2-4-12-27/h5-10,13,16H,2-4,11-12,14-15H2,1H3,(H2,25,26,28)/t16-/m0/s1. The number of hydrogen-bond donors (Lipinski definition) is 2. The summed E-state index contributed by atoms with van der Waals surface area (Å²) in [5.74, 6) is -1.82. The number of nitrogens with zero attached hydrogens (tertiary/aromatic N) is 1. The molecule has 3 rings (SSSR count). The molecule has 1 aliphatic heterocycles. The molecule has 0 radical (unpaired) electrons. The van der Waals surface area contributed by atoms with Crippen molar-refractivity contribution in [3.05, 3.63) is 70.8 Å². The topological polar surface area (TPSA) is 44.4 Å². The lowest BCUT2D eigenvalue weighted by molar-refractivity contribution is 0.221. The Balaban J connectivity index is 1.45. The molecule has 150 valence electrons. The molecule has 0 unspecified atom stereocenters. The van der Waals surface area contributed by atoms with E-state index >= 15 is 0 Å². The number of benzene rings is 2. The lowest BCUT2D eigenvalue weighted by Crippen LogP contribution is -2.36. The quantitative estimate of drug-likeness (QED) is 0.766. The molecule has 6 heteroatoms. The molecule has 0 aliphatic carbocycles. The molecule has 28 heavy (non-hydrogen) atoms. The predicted molar refractivity (Wildman–Crippen MR) is 106 cm³/mol. The number of rotatable bonds is 6. The predicted octanol–water partition coefficient (Wildman–Crippen LogP) is 4.51. The van der Waals surface area contributed by atoms with E-state index in [0.29, 0.717) is 12.1 Å². The van der Waals surface area contributed by atoms with Crippen molar-refractivity contribution in [1.82, 2.24) is 15.5 Å². The number of carbonyl (C=O) groups excluding carboxylic acids is 1. The van der Waals surface area contributed by atoms with E-state index in [1.54, 1.807) is 6.92 Å². The summed E-state index contributed by atoms with van der Waals surface area (Å²) in [5.41, 5.74) is 2.80. The van der Waals surface area contributed by atoms with Gasteiger partial charge in [0.05, 0.1) is 6.04 Å². The van der Waals surface area contributed by atoms with Crippen LogP contribution in [0.1, 0.15) is 48.9 Å². The molecule has 1 heterocycles. The highest BCUT2D eigenvalue weighted by molar-refractivity contribution is 5.74. The van der Waals surface area contributed by atoms with Crippen LogP contribution in [0, 0.1) is 11.6 Å². The van der Waals surface area contributed by atoms with E-state index in [2.05, 4.69) is 27.7 Å². The summed E-state index contributed by atoms with van der Waals surface area (Å²) in [6.45, 7) is 5.43. The van der Waals surface area contributed by atoms with Crippen molar-refractivity contribution < 1.29 is 13.6 Å².